The smallest absolute Gasteiger partial charge is 0.247 e. The van der Waals surface area contributed by atoms with Crippen LogP contribution in [0.5, 0.6) is 5.75 Å². The third-order valence-electron chi connectivity index (χ3n) is 6.59. The maximum Gasteiger partial charge on any atom is 0.247 e. The average molecular weight is 535 g/mol. The summed E-state index contributed by atoms with van der Waals surface area (Å²) in [5.74, 6) is 0.502. The van der Waals surface area contributed by atoms with Gasteiger partial charge in [0.1, 0.15) is 17.6 Å². The van der Waals surface area contributed by atoms with Crippen LogP contribution in [0, 0.1) is 13.8 Å². The maximum atomic E-state index is 13.8. The third-order valence-corrected chi connectivity index (χ3v) is 6.59. The molecule has 0 aliphatic heterocycles. The molecule has 2 aromatic carbocycles. The molecule has 1 atom stereocenters. The fraction of sp³-hybridized carbons (Fsp3) is 0.400. The van der Waals surface area contributed by atoms with E-state index in [0.717, 1.165) is 11.1 Å². The number of nitrogens with one attached hydrogen (secondary N) is 2. The van der Waals surface area contributed by atoms with Crippen LogP contribution >= 0.6 is 0 Å². The molecular weight excluding hydrogens is 496 g/mol. The number of hydrogen-bond donors (Lipinski definition) is 2. The number of carbonyl (C=O) groups is 3. The molecule has 0 unspecified atom stereocenters. The summed E-state index contributed by atoms with van der Waals surface area (Å²) in [5, 5.41) is 9.50. The molecule has 0 saturated carbocycles. The SMILES string of the molecule is CCC(C)(C)NC(=O)[C@@H](c1ccc(OC)cc1)N(Cc1ccc(C)cc1)C(=O)CCC(=O)Nc1cc(C)on1. The monoisotopic (exact) mass is 534 g/mol. The zero-order chi connectivity index (χ0) is 28.6. The molecule has 0 aliphatic rings. The van der Waals surface area contributed by atoms with Gasteiger partial charge in [0.25, 0.3) is 0 Å². The van der Waals surface area contributed by atoms with Crippen molar-refractivity contribution in [3.05, 3.63) is 77.0 Å². The standard InChI is InChI=1S/C30H38N4O5/c1-7-30(4,5)32-29(37)28(23-12-14-24(38-6)15-13-23)34(19-22-10-8-20(2)9-11-22)27(36)17-16-26(35)31-25-18-21(3)39-33-25/h8-15,18,28H,7,16-17,19H2,1-6H3,(H,32,37)(H,31,33,35)/t28-/m1/s1. The van der Waals surface area contributed by atoms with Crippen LogP contribution in [0.2, 0.25) is 0 Å². The van der Waals surface area contributed by atoms with Crippen molar-refractivity contribution in [2.75, 3.05) is 12.4 Å². The first-order valence-corrected chi connectivity index (χ1v) is 13.1. The highest BCUT2D eigenvalue weighted by Gasteiger charge is 2.34. The number of amides is 3. The minimum atomic E-state index is -0.920. The normalized spacial score (nSPS) is 11.9. The Bertz CT molecular complexity index is 1270. The maximum absolute atomic E-state index is 13.8. The molecule has 1 aromatic heterocycles. The van der Waals surface area contributed by atoms with Gasteiger partial charge in [-0.1, -0.05) is 54.0 Å². The molecule has 3 aromatic rings. The highest BCUT2D eigenvalue weighted by atomic mass is 16.5. The molecule has 39 heavy (non-hydrogen) atoms. The lowest BCUT2D eigenvalue weighted by molar-refractivity contribution is -0.142. The van der Waals surface area contributed by atoms with E-state index in [4.69, 9.17) is 9.26 Å². The van der Waals surface area contributed by atoms with E-state index >= 15 is 0 Å². The van der Waals surface area contributed by atoms with Gasteiger partial charge in [-0.25, -0.2) is 0 Å². The van der Waals surface area contributed by atoms with Gasteiger partial charge in [0, 0.05) is 31.0 Å². The molecule has 3 amide bonds. The van der Waals surface area contributed by atoms with E-state index in [2.05, 4.69) is 15.8 Å². The Hall–Kier alpha value is -4.14. The van der Waals surface area contributed by atoms with Crippen LogP contribution in [0.4, 0.5) is 5.82 Å². The summed E-state index contributed by atoms with van der Waals surface area (Å²) in [7, 11) is 1.57. The topological polar surface area (TPSA) is 114 Å². The van der Waals surface area contributed by atoms with Crippen LogP contribution < -0.4 is 15.4 Å². The molecule has 0 spiro atoms. The summed E-state index contributed by atoms with van der Waals surface area (Å²) in [6.45, 7) is 9.78. The van der Waals surface area contributed by atoms with Crippen molar-refractivity contribution >= 4 is 23.5 Å². The lowest BCUT2D eigenvalue weighted by atomic mass is 9.97. The van der Waals surface area contributed by atoms with E-state index in [1.165, 1.54) is 0 Å². The molecule has 0 bridgehead atoms. The Labute approximate surface area is 229 Å². The van der Waals surface area contributed by atoms with Crippen LogP contribution in [0.3, 0.4) is 0 Å². The molecule has 9 nitrogen and oxygen atoms in total. The van der Waals surface area contributed by atoms with Crippen LogP contribution in [0.15, 0.2) is 59.1 Å². The minimum Gasteiger partial charge on any atom is -0.497 e. The second-order valence-electron chi connectivity index (χ2n) is 10.3. The summed E-state index contributed by atoms with van der Waals surface area (Å²) in [5.41, 5.74) is 2.13. The highest BCUT2D eigenvalue weighted by molar-refractivity contribution is 5.94. The highest BCUT2D eigenvalue weighted by Crippen LogP contribution is 2.28. The number of aryl methyl sites for hydroxylation is 2. The fourth-order valence-electron chi connectivity index (χ4n) is 3.96. The Balaban J connectivity index is 1.93. The molecule has 0 aliphatic carbocycles. The van der Waals surface area contributed by atoms with Crippen molar-refractivity contribution in [1.82, 2.24) is 15.4 Å². The van der Waals surface area contributed by atoms with Gasteiger partial charge < -0.3 is 24.8 Å². The van der Waals surface area contributed by atoms with Crippen molar-refractivity contribution in [2.24, 2.45) is 0 Å². The second-order valence-corrected chi connectivity index (χ2v) is 10.3. The van der Waals surface area contributed by atoms with Crippen LogP contribution in [-0.4, -0.2) is 40.4 Å². The Morgan fingerprint density at radius 3 is 2.26 bits per heavy atom. The Morgan fingerprint density at radius 2 is 1.69 bits per heavy atom. The first-order valence-electron chi connectivity index (χ1n) is 13.1. The van der Waals surface area contributed by atoms with Crippen LogP contribution in [0.1, 0.15) is 68.5 Å². The number of ether oxygens (including phenoxy) is 1. The summed E-state index contributed by atoms with van der Waals surface area (Å²) in [6.07, 6.45) is 0.542. The molecule has 208 valence electrons. The number of methoxy groups -OCH3 is 1. The van der Waals surface area contributed by atoms with E-state index in [0.29, 0.717) is 29.3 Å². The first-order chi connectivity index (χ1) is 18.5. The quantitative estimate of drug-likeness (QED) is 0.334. The zero-order valence-electron chi connectivity index (χ0n) is 23.5. The van der Waals surface area contributed by atoms with Gasteiger partial charge >= 0.3 is 0 Å². The summed E-state index contributed by atoms with van der Waals surface area (Å²) in [6, 6.07) is 15.6. The van der Waals surface area contributed by atoms with Gasteiger partial charge in [0.15, 0.2) is 5.82 Å². The third kappa shape index (κ3) is 8.43. The van der Waals surface area contributed by atoms with Crippen molar-refractivity contribution in [2.45, 2.75) is 72.0 Å². The van der Waals surface area contributed by atoms with Crippen molar-refractivity contribution in [3.8, 4) is 5.75 Å². The summed E-state index contributed by atoms with van der Waals surface area (Å²) < 4.78 is 10.3. The first kappa shape index (κ1) is 29.4. The predicted octanol–water partition coefficient (Wildman–Crippen LogP) is 5.09. The number of carbonyl (C=O) groups excluding carboxylic acids is 3. The van der Waals surface area contributed by atoms with E-state index in [9.17, 15) is 14.4 Å². The number of nitrogens with zero attached hydrogens (tertiary/aromatic N) is 2. The number of rotatable bonds is 12. The molecule has 9 heteroatoms. The fourth-order valence-corrected chi connectivity index (χ4v) is 3.96. The lowest BCUT2D eigenvalue weighted by Crippen LogP contribution is -2.50. The van der Waals surface area contributed by atoms with E-state index < -0.39 is 11.6 Å². The minimum absolute atomic E-state index is 0.0768. The van der Waals surface area contributed by atoms with Crippen LogP contribution in [-0.2, 0) is 20.9 Å². The van der Waals surface area contributed by atoms with Crippen molar-refractivity contribution < 1.29 is 23.6 Å². The van der Waals surface area contributed by atoms with Crippen LogP contribution in [0.25, 0.3) is 0 Å². The Kier molecular flexibility index (Phi) is 9.87. The van der Waals surface area contributed by atoms with E-state index in [1.54, 1.807) is 49.3 Å². The van der Waals surface area contributed by atoms with Gasteiger partial charge in [0.2, 0.25) is 17.7 Å². The molecule has 3 rings (SSSR count). The van der Waals surface area contributed by atoms with E-state index in [1.807, 2.05) is 52.0 Å². The van der Waals surface area contributed by atoms with E-state index in [-0.39, 0.29) is 37.1 Å². The average Bonchev–Trinajstić information content (AvgIpc) is 3.32. The Morgan fingerprint density at radius 1 is 1.03 bits per heavy atom. The van der Waals surface area contributed by atoms with Gasteiger partial charge in [0.05, 0.1) is 7.11 Å². The number of aromatic nitrogens is 1. The van der Waals surface area contributed by atoms with Crippen molar-refractivity contribution in [1.29, 1.82) is 0 Å². The van der Waals surface area contributed by atoms with Gasteiger partial charge in [-0.15, -0.1) is 0 Å². The molecule has 1 heterocycles. The molecule has 2 N–H and O–H groups in total. The summed E-state index contributed by atoms with van der Waals surface area (Å²) >= 11 is 0. The molecule has 0 radical (unpaired) electrons. The predicted molar refractivity (Wildman–Crippen MR) is 149 cm³/mol. The van der Waals surface area contributed by atoms with Gasteiger partial charge in [-0.2, -0.15) is 0 Å². The van der Waals surface area contributed by atoms with Gasteiger partial charge in [-0.3, -0.25) is 14.4 Å². The zero-order valence-corrected chi connectivity index (χ0v) is 23.5. The molecule has 0 saturated heterocycles. The second kappa shape index (κ2) is 13.1. The van der Waals surface area contributed by atoms with Gasteiger partial charge in [-0.05, 0) is 57.4 Å². The van der Waals surface area contributed by atoms with Crippen molar-refractivity contribution in [3.63, 3.8) is 0 Å². The summed E-state index contributed by atoms with van der Waals surface area (Å²) in [4.78, 5) is 41.7. The number of benzene rings is 2. The number of hydrogen-bond acceptors (Lipinski definition) is 6. The number of anilines is 1. The molecular formula is C30H38N4O5. The molecule has 0 fully saturated rings. The lowest BCUT2D eigenvalue weighted by Gasteiger charge is -2.35. The largest absolute Gasteiger partial charge is 0.497 e.